The van der Waals surface area contributed by atoms with Crippen LogP contribution >= 0.6 is 11.3 Å². The zero-order valence-corrected chi connectivity index (χ0v) is 5.56. The number of aromatic nitrogens is 2. The van der Waals surface area contributed by atoms with Crippen molar-refractivity contribution in [2.45, 2.75) is 6.54 Å². The van der Waals surface area contributed by atoms with Crippen LogP contribution in [0.1, 0.15) is 0 Å². The SMILES string of the molecule is N=c1scnn1CCO. The van der Waals surface area contributed by atoms with Crippen molar-refractivity contribution in [3.63, 3.8) is 0 Å². The number of nitrogens with one attached hydrogen (secondary N) is 1. The van der Waals surface area contributed by atoms with E-state index in [-0.39, 0.29) is 6.61 Å². The first-order chi connectivity index (χ1) is 4.34. The van der Waals surface area contributed by atoms with Gasteiger partial charge in [0.2, 0.25) is 0 Å². The van der Waals surface area contributed by atoms with Gasteiger partial charge in [-0.05, 0) is 0 Å². The van der Waals surface area contributed by atoms with Crippen molar-refractivity contribution >= 4 is 11.3 Å². The summed E-state index contributed by atoms with van der Waals surface area (Å²) in [5.74, 6) is 0. The molecule has 0 saturated carbocycles. The fourth-order valence-corrected chi connectivity index (χ4v) is 1.02. The van der Waals surface area contributed by atoms with Crippen LogP contribution in [0, 0.1) is 5.41 Å². The maximum Gasteiger partial charge on any atom is 0.200 e. The van der Waals surface area contributed by atoms with Gasteiger partial charge in [-0.15, -0.1) is 0 Å². The van der Waals surface area contributed by atoms with E-state index in [0.29, 0.717) is 11.3 Å². The van der Waals surface area contributed by atoms with Gasteiger partial charge in [0.05, 0.1) is 13.2 Å². The van der Waals surface area contributed by atoms with Crippen LogP contribution in [-0.2, 0) is 6.54 Å². The maximum atomic E-state index is 8.42. The van der Waals surface area contributed by atoms with E-state index in [2.05, 4.69) is 5.10 Å². The van der Waals surface area contributed by atoms with E-state index >= 15 is 0 Å². The molecule has 0 aromatic carbocycles. The average molecular weight is 145 g/mol. The summed E-state index contributed by atoms with van der Waals surface area (Å²) in [5, 5.41) is 19.4. The summed E-state index contributed by atoms with van der Waals surface area (Å²) in [6, 6.07) is 0. The Morgan fingerprint density at radius 2 is 2.67 bits per heavy atom. The normalized spacial score (nSPS) is 9.89. The average Bonchev–Trinajstić information content (AvgIpc) is 2.18. The molecule has 0 unspecified atom stereocenters. The predicted molar refractivity (Wildman–Crippen MR) is 33.0 cm³/mol. The quantitative estimate of drug-likeness (QED) is 0.584. The van der Waals surface area contributed by atoms with Gasteiger partial charge in [0.1, 0.15) is 5.51 Å². The molecule has 0 atom stereocenters. The van der Waals surface area contributed by atoms with Crippen molar-refractivity contribution in [3.8, 4) is 0 Å². The number of hydrogen-bond donors (Lipinski definition) is 2. The Hall–Kier alpha value is -0.680. The summed E-state index contributed by atoms with van der Waals surface area (Å²) in [6.07, 6.45) is 0. The van der Waals surface area contributed by atoms with Gasteiger partial charge in [-0.3, -0.25) is 5.41 Å². The van der Waals surface area contributed by atoms with Gasteiger partial charge in [-0.2, -0.15) is 5.10 Å². The van der Waals surface area contributed by atoms with Gasteiger partial charge in [-0.25, -0.2) is 4.68 Å². The minimum absolute atomic E-state index is 0.0419. The van der Waals surface area contributed by atoms with Crippen molar-refractivity contribution in [2.24, 2.45) is 0 Å². The molecule has 9 heavy (non-hydrogen) atoms. The summed E-state index contributed by atoms with van der Waals surface area (Å²) in [4.78, 5) is 0.379. The first kappa shape index (κ1) is 6.44. The third-order valence-corrected chi connectivity index (χ3v) is 1.53. The highest BCUT2D eigenvalue weighted by Gasteiger charge is 1.90. The first-order valence-corrected chi connectivity index (χ1v) is 3.38. The molecule has 0 spiro atoms. The highest BCUT2D eigenvalue weighted by Crippen LogP contribution is 1.80. The third kappa shape index (κ3) is 1.36. The van der Waals surface area contributed by atoms with Crippen LogP contribution in [0.3, 0.4) is 0 Å². The Balaban J connectivity index is 2.81. The summed E-state index contributed by atoms with van der Waals surface area (Å²) in [7, 11) is 0. The van der Waals surface area contributed by atoms with Crippen molar-refractivity contribution in [1.82, 2.24) is 9.78 Å². The van der Waals surface area contributed by atoms with Crippen LogP contribution in [0.15, 0.2) is 5.51 Å². The molecule has 0 saturated heterocycles. The molecule has 2 N–H and O–H groups in total. The van der Waals surface area contributed by atoms with Gasteiger partial charge in [-0.1, -0.05) is 11.3 Å². The van der Waals surface area contributed by atoms with E-state index in [1.807, 2.05) is 0 Å². The van der Waals surface area contributed by atoms with Gasteiger partial charge < -0.3 is 5.11 Å². The molecular formula is C4H7N3OS. The molecule has 0 fully saturated rings. The lowest BCUT2D eigenvalue weighted by Crippen LogP contribution is -2.16. The van der Waals surface area contributed by atoms with Crippen molar-refractivity contribution in [3.05, 3.63) is 10.3 Å². The van der Waals surface area contributed by atoms with E-state index in [0.717, 1.165) is 0 Å². The maximum absolute atomic E-state index is 8.42. The summed E-state index contributed by atoms with van der Waals surface area (Å²) < 4.78 is 1.45. The lowest BCUT2D eigenvalue weighted by molar-refractivity contribution is 0.267. The lowest BCUT2D eigenvalue weighted by atomic mass is 10.7. The number of aliphatic hydroxyl groups excluding tert-OH is 1. The Morgan fingerprint density at radius 3 is 3.11 bits per heavy atom. The van der Waals surface area contributed by atoms with Crippen LogP contribution in [0.25, 0.3) is 0 Å². The molecule has 0 aliphatic rings. The second-order valence-electron chi connectivity index (χ2n) is 1.49. The van der Waals surface area contributed by atoms with E-state index in [1.165, 1.54) is 16.0 Å². The molecule has 1 heterocycles. The van der Waals surface area contributed by atoms with Gasteiger partial charge in [0.15, 0.2) is 4.80 Å². The molecule has 1 aromatic heterocycles. The molecule has 1 aromatic rings. The van der Waals surface area contributed by atoms with Crippen LogP contribution in [0.4, 0.5) is 0 Å². The summed E-state index contributed by atoms with van der Waals surface area (Å²) in [5.41, 5.74) is 1.58. The Kier molecular flexibility index (Phi) is 1.96. The molecule has 5 heteroatoms. The Bertz CT molecular complexity index is 228. The summed E-state index contributed by atoms with van der Waals surface area (Å²) >= 11 is 1.25. The van der Waals surface area contributed by atoms with Crippen molar-refractivity contribution in [2.75, 3.05) is 6.61 Å². The number of rotatable bonds is 2. The number of aliphatic hydroxyl groups is 1. The molecule has 0 radical (unpaired) electrons. The van der Waals surface area contributed by atoms with Crippen molar-refractivity contribution in [1.29, 1.82) is 5.41 Å². The standard InChI is InChI=1S/C4H7N3OS/c5-4-7(1-2-8)6-3-9-4/h3,5,8H,1-2H2. The second kappa shape index (κ2) is 2.75. The zero-order chi connectivity index (χ0) is 6.69. The molecule has 50 valence electrons. The smallest absolute Gasteiger partial charge is 0.200 e. The second-order valence-corrected chi connectivity index (χ2v) is 2.32. The zero-order valence-electron chi connectivity index (χ0n) is 4.74. The topological polar surface area (TPSA) is 61.9 Å². The largest absolute Gasteiger partial charge is 0.394 e. The lowest BCUT2D eigenvalue weighted by Gasteiger charge is -1.92. The fourth-order valence-electron chi connectivity index (χ4n) is 0.498. The van der Waals surface area contributed by atoms with Crippen LogP contribution < -0.4 is 4.80 Å². The minimum Gasteiger partial charge on any atom is -0.394 e. The molecular weight excluding hydrogens is 138 g/mol. The number of nitrogens with zero attached hydrogens (tertiary/aromatic N) is 2. The molecule has 0 aliphatic heterocycles. The van der Waals surface area contributed by atoms with Crippen molar-refractivity contribution < 1.29 is 5.11 Å². The molecule has 4 nitrogen and oxygen atoms in total. The highest BCUT2D eigenvalue weighted by atomic mass is 32.1. The molecule has 1 rings (SSSR count). The molecule has 0 aliphatic carbocycles. The fraction of sp³-hybridized carbons (Fsp3) is 0.500. The molecule has 0 bridgehead atoms. The van der Waals surface area contributed by atoms with Gasteiger partial charge in [0, 0.05) is 0 Å². The van der Waals surface area contributed by atoms with Crippen LogP contribution in [0.2, 0.25) is 0 Å². The van der Waals surface area contributed by atoms with E-state index < -0.39 is 0 Å². The Morgan fingerprint density at radius 1 is 1.89 bits per heavy atom. The van der Waals surface area contributed by atoms with E-state index in [9.17, 15) is 0 Å². The third-order valence-electron chi connectivity index (χ3n) is 0.897. The first-order valence-electron chi connectivity index (χ1n) is 2.50. The van der Waals surface area contributed by atoms with Crippen LogP contribution in [-0.4, -0.2) is 21.5 Å². The summed E-state index contributed by atoms with van der Waals surface area (Å²) in [6.45, 7) is 0.461. The van der Waals surface area contributed by atoms with Gasteiger partial charge in [0.25, 0.3) is 0 Å². The molecule has 0 amide bonds. The highest BCUT2D eigenvalue weighted by molar-refractivity contribution is 7.06. The van der Waals surface area contributed by atoms with E-state index in [1.54, 1.807) is 5.51 Å². The number of hydrogen-bond acceptors (Lipinski definition) is 4. The Labute approximate surface area is 55.9 Å². The van der Waals surface area contributed by atoms with Gasteiger partial charge >= 0.3 is 0 Å². The minimum atomic E-state index is 0.0419. The van der Waals surface area contributed by atoms with Crippen LogP contribution in [0.5, 0.6) is 0 Å². The van der Waals surface area contributed by atoms with E-state index in [4.69, 9.17) is 10.5 Å². The predicted octanol–water partition coefficient (Wildman–Crippen LogP) is -0.584. The monoisotopic (exact) mass is 145 g/mol.